The van der Waals surface area contributed by atoms with Crippen LogP contribution in [0.3, 0.4) is 0 Å². The highest BCUT2D eigenvalue weighted by atomic mass is 35.5. The fourth-order valence-corrected chi connectivity index (χ4v) is 2.02. The molecule has 0 aliphatic rings. The predicted octanol–water partition coefficient (Wildman–Crippen LogP) is 3.72. The number of benzene rings is 2. The van der Waals surface area contributed by atoms with Gasteiger partial charge in [-0.15, -0.1) is 0 Å². The number of hydrogen-bond donors (Lipinski definition) is 1. The highest BCUT2D eigenvalue weighted by Gasteiger charge is 2.06. The first-order valence-electron chi connectivity index (χ1n) is 6.02. The molecule has 0 saturated heterocycles. The molecule has 1 N–H and O–H groups in total. The molecule has 2 aromatic carbocycles. The second-order valence-electron chi connectivity index (χ2n) is 4.27. The van der Waals surface area contributed by atoms with Crippen molar-refractivity contribution in [2.75, 3.05) is 0 Å². The van der Waals surface area contributed by atoms with Crippen molar-refractivity contribution in [2.45, 2.75) is 6.42 Å². The molecule has 0 saturated carbocycles. The van der Waals surface area contributed by atoms with Crippen molar-refractivity contribution in [2.24, 2.45) is 0 Å². The molecule has 0 amide bonds. The van der Waals surface area contributed by atoms with Gasteiger partial charge in [0, 0.05) is 17.0 Å². The smallest absolute Gasteiger partial charge is 0.181 e. The van der Waals surface area contributed by atoms with Gasteiger partial charge in [-0.05, 0) is 29.8 Å². The molecule has 0 fully saturated rings. The molecular weight excluding hydrogens is 258 g/mol. The van der Waals surface area contributed by atoms with Crippen LogP contribution in [0.4, 0.5) is 0 Å². The topological polar surface area (TPSA) is 41.6 Å². The van der Waals surface area contributed by atoms with E-state index in [0.717, 1.165) is 17.8 Å². The third-order valence-electron chi connectivity index (χ3n) is 2.85. The van der Waals surface area contributed by atoms with E-state index in [-0.39, 0.29) is 0 Å². The average molecular weight is 270 g/mol. The molecule has 1 heterocycles. The van der Waals surface area contributed by atoms with Gasteiger partial charge < -0.3 is 0 Å². The van der Waals surface area contributed by atoms with Crippen LogP contribution in [0.15, 0.2) is 54.6 Å². The summed E-state index contributed by atoms with van der Waals surface area (Å²) in [6.45, 7) is 0. The Morgan fingerprint density at radius 2 is 1.68 bits per heavy atom. The maximum atomic E-state index is 5.86. The van der Waals surface area contributed by atoms with Crippen LogP contribution in [0, 0.1) is 0 Å². The van der Waals surface area contributed by atoms with E-state index in [1.54, 1.807) is 0 Å². The van der Waals surface area contributed by atoms with E-state index in [2.05, 4.69) is 27.3 Å². The predicted molar refractivity (Wildman–Crippen MR) is 76.1 cm³/mol. The number of aromatic nitrogens is 3. The van der Waals surface area contributed by atoms with Gasteiger partial charge in [-0.25, -0.2) is 4.98 Å². The summed E-state index contributed by atoms with van der Waals surface area (Å²) in [6.07, 6.45) is 0.751. The number of halogens is 1. The zero-order valence-electron chi connectivity index (χ0n) is 10.2. The fourth-order valence-electron chi connectivity index (χ4n) is 1.89. The Labute approximate surface area is 116 Å². The van der Waals surface area contributed by atoms with Crippen LogP contribution in [0.2, 0.25) is 5.02 Å². The Kier molecular flexibility index (Phi) is 3.29. The van der Waals surface area contributed by atoms with Crippen LogP contribution in [0.5, 0.6) is 0 Å². The quantitative estimate of drug-likeness (QED) is 0.787. The van der Waals surface area contributed by atoms with Crippen molar-refractivity contribution in [3.63, 3.8) is 0 Å². The van der Waals surface area contributed by atoms with Gasteiger partial charge >= 0.3 is 0 Å². The number of nitrogens with zero attached hydrogens (tertiary/aromatic N) is 2. The summed E-state index contributed by atoms with van der Waals surface area (Å²) in [7, 11) is 0. The van der Waals surface area contributed by atoms with Crippen molar-refractivity contribution < 1.29 is 0 Å². The summed E-state index contributed by atoms with van der Waals surface area (Å²) < 4.78 is 0. The first-order valence-corrected chi connectivity index (χ1v) is 6.40. The highest BCUT2D eigenvalue weighted by Crippen LogP contribution is 2.18. The molecule has 0 unspecified atom stereocenters. The standard InChI is InChI=1S/C15H12ClN3/c16-13-8-6-12(7-9-13)15-17-14(18-19-15)10-11-4-2-1-3-5-11/h1-9H,10H2,(H,17,18,19). The Hall–Kier alpha value is -2.13. The van der Waals surface area contributed by atoms with Crippen LogP contribution < -0.4 is 0 Å². The largest absolute Gasteiger partial charge is 0.262 e. The molecule has 0 spiro atoms. The van der Waals surface area contributed by atoms with Gasteiger partial charge in [0.15, 0.2) is 5.82 Å². The van der Waals surface area contributed by atoms with Crippen molar-refractivity contribution >= 4 is 11.6 Å². The van der Waals surface area contributed by atoms with E-state index < -0.39 is 0 Å². The lowest BCUT2D eigenvalue weighted by Gasteiger charge is -1.96. The van der Waals surface area contributed by atoms with Gasteiger partial charge in [0.25, 0.3) is 0 Å². The monoisotopic (exact) mass is 269 g/mol. The van der Waals surface area contributed by atoms with Gasteiger partial charge in [-0.1, -0.05) is 41.9 Å². The first kappa shape index (κ1) is 11.9. The molecule has 19 heavy (non-hydrogen) atoms. The van der Waals surface area contributed by atoms with Crippen LogP contribution in [-0.4, -0.2) is 15.2 Å². The SMILES string of the molecule is Clc1ccc(-c2n[nH]c(Cc3ccccc3)n2)cc1. The van der Waals surface area contributed by atoms with E-state index in [1.807, 2.05) is 42.5 Å². The zero-order chi connectivity index (χ0) is 13.1. The summed E-state index contributed by atoms with van der Waals surface area (Å²) in [5, 5.41) is 7.92. The van der Waals surface area contributed by atoms with Gasteiger partial charge in [0.1, 0.15) is 5.82 Å². The number of nitrogens with one attached hydrogen (secondary N) is 1. The minimum atomic E-state index is 0.697. The van der Waals surface area contributed by atoms with Crippen LogP contribution in [0.1, 0.15) is 11.4 Å². The lowest BCUT2D eigenvalue weighted by atomic mass is 10.1. The summed E-state index contributed by atoms with van der Waals surface area (Å²) in [4.78, 5) is 4.50. The first-order chi connectivity index (χ1) is 9.31. The summed E-state index contributed by atoms with van der Waals surface area (Å²) in [5.41, 5.74) is 2.17. The van der Waals surface area contributed by atoms with E-state index in [4.69, 9.17) is 11.6 Å². The van der Waals surface area contributed by atoms with Crippen molar-refractivity contribution in [1.82, 2.24) is 15.2 Å². The summed E-state index contributed by atoms with van der Waals surface area (Å²) in [6, 6.07) is 17.7. The maximum absolute atomic E-state index is 5.86. The summed E-state index contributed by atoms with van der Waals surface area (Å²) in [5.74, 6) is 1.55. The fraction of sp³-hybridized carbons (Fsp3) is 0.0667. The lowest BCUT2D eigenvalue weighted by Crippen LogP contribution is -1.90. The van der Waals surface area contributed by atoms with Gasteiger partial charge in [0.05, 0.1) is 0 Å². The van der Waals surface area contributed by atoms with Crippen LogP contribution >= 0.6 is 11.6 Å². The van der Waals surface area contributed by atoms with E-state index in [9.17, 15) is 0 Å². The minimum absolute atomic E-state index is 0.697. The van der Waals surface area contributed by atoms with E-state index in [0.29, 0.717) is 10.8 Å². The molecule has 0 bridgehead atoms. The number of rotatable bonds is 3. The molecule has 0 radical (unpaired) electrons. The molecule has 0 aliphatic carbocycles. The third-order valence-corrected chi connectivity index (χ3v) is 3.10. The molecule has 4 heteroatoms. The van der Waals surface area contributed by atoms with Crippen LogP contribution in [0.25, 0.3) is 11.4 Å². The zero-order valence-corrected chi connectivity index (χ0v) is 10.9. The maximum Gasteiger partial charge on any atom is 0.181 e. The highest BCUT2D eigenvalue weighted by molar-refractivity contribution is 6.30. The second kappa shape index (κ2) is 5.24. The third kappa shape index (κ3) is 2.83. The van der Waals surface area contributed by atoms with Crippen molar-refractivity contribution in [3.8, 4) is 11.4 Å². The number of aromatic amines is 1. The Balaban J connectivity index is 1.82. The van der Waals surface area contributed by atoms with Crippen molar-refractivity contribution in [1.29, 1.82) is 0 Å². The Bertz CT molecular complexity index is 659. The molecule has 0 aliphatic heterocycles. The Morgan fingerprint density at radius 1 is 0.947 bits per heavy atom. The second-order valence-corrected chi connectivity index (χ2v) is 4.71. The molecule has 1 aromatic heterocycles. The lowest BCUT2D eigenvalue weighted by molar-refractivity contribution is 0.973. The van der Waals surface area contributed by atoms with Crippen LogP contribution in [-0.2, 0) is 6.42 Å². The molecule has 3 rings (SSSR count). The Morgan fingerprint density at radius 3 is 2.42 bits per heavy atom. The molecular formula is C15H12ClN3. The molecule has 0 atom stereocenters. The van der Waals surface area contributed by atoms with Gasteiger partial charge in [-0.2, -0.15) is 5.10 Å². The van der Waals surface area contributed by atoms with Gasteiger partial charge in [-0.3, -0.25) is 5.10 Å². The van der Waals surface area contributed by atoms with E-state index >= 15 is 0 Å². The number of H-pyrrole nitrogens is 1. The minimum Gasteiger partial charge on any atom is -0.262 e. The summed E-state index contributed by atoms with van der Waals surface area (Å²) >= 11 is 5.86. The average Bonchev–Trinajstić information content (AvgIpc) is 2.89. The molecule has 94 valence electrons. The van der Waals surface area contributed by atoms with Crippen molar-refractivity contribution in [3.05, 3.63) is 71.0 Å². The number of hydrogen-bond acceptors (Lipinski definition) is 2. The van der Waals surface area contributed by atoms with Gasteiger partial charge in [0.2, 0.25) is 0 Å². The van der Waals surface area contributed by atoms with E-state index in [1.165, 1.54) is 5.56 Å². The molecule has 3 aromatic rings. The molecule has 3 nitrogen and oxygen atoms in total. The normalized spacial score (nSPS) is 10.6.